The van der Waals surface area contributed by atoms with Crippen molar-refractivity contribution in [2.75, 3.05) is 19.0 Å². The Bertz CT molecular complexity index is 750. The van der Waals surface area contributed by atoms with Gasteiger partial charge < -0.3 is 10.2 Å². The lowest BCUT2D eigenvalue weighted by Crippen LogP contribution is -2.34. The Morgan fingerprint density at radius 2 is 1.87 bits per heavy atom. The summed E-state index contributed by atoms with van der Waals surface area (Å²) in [5, 5.41) is 3.95. The van der Waals surface area contributed by atoms with Crippen LogP contribution in [0.4, 0.5) is 5.82 Å². The molecule has 0 saturated heterocycles. The zero-order valence-electron chi connectivity index (χ0n) is 14.2. The summed E-state index contributed by atoms with van der Waals surface area (Å²) in [7, 11) is 3.83. The number of carbonyl (C=O) groups is 1. The first-order valence-electron chi connectivity index (χ1n) is 8.10. The number of aryl methyl sites for hydroxylation is 2. The molecule has 0 atom stereocenters. The van der Waals surface area contributed by atoms with Gasteiger partial charge in [0.1, 0.15) is 5.82 Å². The van der Waals surface area contributed by atoms with Crippen molar-refractivity contribution in [3.05, 3.63) is 23.1 Å². The monoisotopic (exact) mass is 313 g/mol. The largest absolute Gasteiger partial charge is 0.362 e. The molecule has 1 fully saturated rings. The number of nitrogens with zero attached hydrogens (tertiary/aromatic N) is 4. The summed E-state index contributed by atoms with van der Waals surface area (Å²) in [6.45, 7) is 3.95. The molecule has 1 saturated carbocycles. The fraction of sp³-hybridized carbons (Fsp3) is 0.529. The van der Waals surface area contributed by atoms with Crippen molar-refractivity contribution in [1.82, 2.24) is 20.3 Å². The molecule has 2 aromatic heterocycles. The van der Waals surface area contributed by atoms with E-state index in [4.69, 9.17) is 0 Å². The highest BCUT2D eigenvalue weighted by atomic mass is 16.2. The normalized spacial score (nSPS) is 15.1. The third-order valence-corrected chi connectivity index (χ3v) is 4.29. The second-order valence-corrected chi connectivity index (χ2v) is 6.50. The van der Waals surface area contributed by atoms with Crippen molar-refractivity contribution in [3.8, 4) is 0 Å². The molecule has 3 rings (SSSR count). The number of anilines is 1. The van der Waals surface area contributed by atoms with Crippen LogP contribution < -0.4 is 10.2 Å². The van der Waals surface area contributed by atoms with Crippen LogP contribution in [-0.4, -0.2) is 41.0 Å². The highest BCUT2D eigenvalue weighted by Gasteiger charge is 2.22. The molecule has 0 aromatic carbocycles. The van der Waals surface area contributed by atoms with E-state index in [1.54, 1.807) is 0 Å². The van der Waals surface area contributed by atoms with Gasteiger partial charge in [-0.25, -0.2) is 15.0 Å². The Hall–Kier alpha value is -2.24. The third-order valence-electron chi connectivity index (χ3n) is 4.29. The molecule has 1 aliphatic carbocycles. The van der Waals surface area contributed by atoms with Crippen molar-refractivity contribution < 1.29 is 4.79 Å². The van der Waals surface area contributed by atoms with Crippen LogP contribution >= 0.6 is 0 Å². The first-order valence-corrected chi connectivity index (χ1v) is 8.10. The van der Waals surface area contributed by atoms with Crippen LogP contribution in [0.25, 0.3) is 11.0 Å². The Kier molecular flexibility index (Phi) is 4.15. The topological polar surface area (TPSA) is 71.0 Å². The minimum absolute atomic E-state index is 0.200. The van der Waals surface area contributed by atoms with Crippen LogP contribution in [0.2, 0.25) is 0 Å². The van der Waals surface area contributed by atoms with Crippen molar-refractivity contribution >= 4 is 22.8 Å². The molecule has 1 aliphatic rings. The Balaban J connectivity index is 2.05. The highest BCUT2D eigenvalue weighted by Crippen LogP contribution is 2.25. The van der Waals surface area contributed by atoms with Crippen LogP contribution in [0.3, 0.4) is 0 Å². The lowest BCUT2D eigenvalue weighted by atomic mass is 10.1. The number of pyridine rings is 1. The first-order chi connectivity index (χ1) is 11.0. The molecule has 6 heteroatoms. The molecule has 0 unspecified atom stereocenters. The number of hydrogen-bond donors (Lipinski definition) is 1. The van der Waals surface area contributed by atoms with E-state index in [1.165, 1.54) is 12.8 Å². The smallest absolute Gasteiger partial charge is 0.289 e. The summed E-state index contributed by atoms with van der Waals surface area (Å²) in [6.07, 6.45) is 4.42. The van der Waals surface area contributed by atoms with Gasteiger partial charge in [0.05, 0.1) is 5.39 Å². The molecule has 1 N–H and O–H groups in total. The van der Waals surface area contributed by atoms with E-state index in [2.05, 4.69) is 20.3 Å². The summed E-state index contributed by atoms with van der Waals surface area (Å²) >= 11 is 0. The number of fused-ring (bicyclic) bond motifs is 1. The molecule has 0 aliphatic heterocycles. The molecule has 0 radical (unpaired) electrons. The molecule has 122 valence electrons. The fourth-order valence-electron chi connectivity index (χ4n) is 3.20. The quantitative estimate of drug-likeness (QED) is 0.942. The van der Waals surface area contributed by atoms with Crippen molar-refractivity contribution in [3.63, 3.8) is 0 Å². The van der Waals surface area contributed by atoms with E-state index in [1.807, 2.05) is 38.9 Å². The highest BCUT2D eigenvalue weighted by molar-refractivity contribution is 5.96. The van der Waals surface area contributed by atoms with Gasteiger partial charge in [0.2, 0.25) is 5.82 Å². The molecule has 0 spiro atoms. The van der Waals surface area contributed by atoms with E-state index < -0.39 is 0 Å². The maximum atomic E-state index is 12.5. The average Bonchev–Trinajstić information content (AvgIpc) is 2.98. The lowest BCUT2D eigenvalue weighted by molar-refractivity contribution is 0.0927. The number of amides is 1. The lowest BCUT2D eigenvalue weighted by Gasteiger charge is -2.17. The van der Waals surface area contributed by atoms with E-state index in [9.17, 15) is 4.79 Å². The summed E-state index contributed by atoms with van der Waals surface area (Å²) in [6, 6.07) is 2.26. The van der Waals surface area contributed by atoms with Gasteiger partial charge in [0, 0.05) is 25.8 Å². The second kappa shape index (κ2) is 6.10. The van der Waals surface area contributed by atoms with Crippen LogP contribution in [0.1, 0.15) is 47.6 Å². The Labute approximate surface area is 136 Å². The Morgan fingerprint density at radius 3 is 2.52 bits per heavy atom. The number of nitrogens with one attached hydrogen (secondary N) is 1. The molecule has 2 heterocycles. The van der Waals surface area contributed by atoms with Gasteiger partial charge in [0.15, 0.2) is 5.65 Å². The SMILES string of the molecule is Cc1cc(C)c2c(N(C)C)nc(C(=O)NC3CCCC3)nc2n1. The van der Waals surface area contributed by atoms with Crippen LogP contribution in [0.15, 0.2) is 6.07 Å². The van der Waals surface area contributed by atoms with Crippen LogP contribution in [-0.2, 0) is 0 Å². The van der Waals surface area contributed by atoms with Crippen molar-refractivity contribution in [2.45, 2.75) is 45.6 Å². The molecule has 1 amide bonds. The van der Waals surface area contributed by atoms with Crippen molar-refractivity contribution in [2.24, 2.45) is 0 Å². The van der Waals surface area contributed by atoms with Gasteiger partial charge in [-0.1, -0.05) is 12.8 Å². The van der Waals surface area contributed by atoms with Gasteiger partial charge in [-0.2, -0.15) is 0 Å². The summed E-state index contributed by atoms with van der Waals surface area (Å²) in [5.74, 6) is 0.727. The summed E-state index contributed by atoms with van der Waals surface area (Å²) in [5.41, 5.74) is 2.54. The number of aromatic nitrogens is 3. The summed E-state index contributed by atoms with van der Waals surface area (Å²) < 4.78 is 0. The van der Waals surface area contributed by atoms with Crippen molar-refractivity contribution in [1.29, 1.82) is 0 Å². The number of carbonyl (C=O) groups excluding carboxylic acids is 1. The predicted molar refractivity (Wildman–Crippen MR) is 90.9 cm³/mol. The maximum Gasteiger partial charge on any atom is 0.289 e. The van der Waals surface area contributed by atoms with E-state index >= 15 is 0 Å². The molecule has 6 nitrogen and oxygen atoms in total. The first kappa shape index (κ1) is 15.6. The minimum Gasteiger partial charge on any atom is -0.362 e. The van der Waals surface area contributed by atoms with Gasteiger partial charge in [-0.15, -0.1) is 0 Å². The molecular weight excluding hydrogens is 290 g/mol. The van der Waals surface area contributed by atoms with E-state index in [0.717, 1.165) is 35.3 Å². The van der Waals surface area contributed by atoms with Gasteiger partial charge >= 0.3 is 0 Å². The maximum absolute atomic E-state index is 12.5. The molecular formula is C17H23N5O. The summed E-state index contributed by atoms with van der Waals surface area (Å²) in [4.78, 5) is 27.8. The molecule has 2 aromatic rings. The fourth-order valence-corrected chi connectivity index (χ4v) is 3.20. The Morgan fingerprint density at radius 1 is 1.17 bits per heavy atom. The minimum atomic E-state index is -0.206. The zero-order valence-corrected chi connectivity index (χ0v) is 14.2. The van der Waals surface area contributed by atoms with Gasteiger partial charge in [-0.3, -0.25) is 4.79 Å². The number of rotatable bonds is 3. The number of hydrogen-bond acceptors (Lipinski definition) is 5. The van der Waals surface area contributed by atoms with Crippen LogP contribution in [0, 0.1) is 13.8 Å². The average molecular weight is 313 g/mol. The molecule has 0 bridgehead atoms. The van der Waals surface area contributed by atoms with E-state index in [-0.39, 0.29) is 17.8 Å². The zero-order chi connectivity index (χ0) is 16.6. The van der Waals surface area contributed by atoms with Gasteiger partial charge in [-0.05, 0) is 38.3 Å². The second-order valence-electron chi connectivity index (χ2n) is 6.50. The van der Waals surface area contributed by atoms with Crippen LogP contribution in [0.5, 0.6) is 0 Å². The predicted octanol–water partition coefficient (Wildman–Crippen LogP) is 2.38. The third kappa shape index (κ3) is 3.11. The van der Waals surface area contributed by atoms with Gasteiger partial charge in [0.25, 0.3) is 5.91 Å². The standard InChI is InChI=1S/C17H23N5O/c1-10-9-11(2)18-14-13(10)16(22(3)4)21-15(20-14)17(23)19-12-7-5-6-8-12/h9,12H,5-8H2,1-4H3,(H,19,23). The van der Waals surface area contributed by atoms with E-state index in [0.29, 0.717) is 5.65 Å². The molecule has 23 heavy (non-hydrogen) atoms.